The zero-order valence-corrected chi connectivity index (χ0v) is 10.9. The van der Waals surface area contributed by atoms with Crippen LogP contribution in [0.2, 0.25) is 0 Å². The maximum atomic E-state index is 11.6. The molecule has 0 heterocycles. The van der Waals surface area contributed by atoms with E-state index in [0.29, 0.717) is 12.8 Å². The number of hydrazine groups is 1. The van der Waals surface area contributed by atoms with Crippen molar-refractivity contribution in [3.8, 4) is 5.75 Å². The minimum Gasteiger partial charge on any atom is -0.497 e. The highest BCUT2D eigenvalue weighted by molar-refractivity contribution is 5.84. The van der Waals surface area contributed by atoms with Crippen molar-refractivity contribution in [3.05, 3.63) is 29.8 Å². The summed E-state index contributed by atoms with van der Waals surface area (Å²) >= 11 is 0. The summed E-state index contributed by atoms with van der Waals surface area (Å²) in [6, 6.07) is 7.59. The molecule has 0 spiro atoms. The van der Waals surface area contributed by atoms with E-state index >= 15 is 0 Å². The van der Waals surface area contributed by atoms with E-state index in [1.54, 1.807) is 7.11 Å². The number of hydrogen-bond donors (Lipinski definition) is 2. The van der Waals surface area contributed by atoms with Crippen LogP contribution in [-0.4, -0.2) is 18.9 Å². The predicted molar refractivity (Wildman–Crippen MR) is 70.3 cm³/mol. The lowest BCUT2D eigenvalue weighted by Gasteiger charge is -2.07. The van der Waals surface area contributed by atoms with Crippen LogP contribution in [0.1, 0.15) is 24.8 Å². The summed E-state index contributed by atoms with van der Waals surface area (Å²) in [6.07, 6.45) is 2.79. The summed E-state index contributed by atoms with van der Waals surface area (Å²) in [6.45, 7) is 0. The first-order chi connectivity index (χ1) is 9.19. The molecule has 0 atom stereocenters. The zero-order chi connectivity index (χ0) is 13.7. The highest BCUT2D eigenvalue weighted by atomic mass is 16.5. The first-order valence-electron chi connectivity index (χ1n) is 6.40. The molecule has 19 heavy (non-hydrogen) atoms. The van der Waals surface area contributed by atoms with Crippen LogP contribution in [-0.2, 0) is 16.0 Å². The molecule has 1 aliphatic rings. The second kappa shape index (κ2) is 6.22. The average molecular weight is 262 g/mol. The number of aryl methyl sites for hydroxylation is 1. The fourth-order valence-electron chi connectivity index (χ4n) is 1.73. The maximum Gasteiger partial charge on any atom is 0.241 e. The highest BCUT2D eigenvalue weighted by Gasteiger charge is 2.29. The molecule has 2 N–H and O–H groups in total. The van der Waals surface area contributed by atoms with Crippen LogP contribution >= 0.6 is 0 Å². The molecule has 5 heteroatoms. The lowest BCUT2D eigenvalue weighted by Crippen LogP contribution is -2.42. The van der Waals surface area contributed by atoms with Gasteiger partial charge in [-0.3, -0.25) is 20.4 Å². The molecule has 0 saturated heterocycles. The summed E-state index contributed by atoms with van der Waals surface area (Å²) in [7, 11) is 1.61. The normalized spacial score (nSPS) is 13.7. The molecular formula is C14H18N2O3. The lowest BCUT2D eigenvalue weighted by atomic mass is 10.1. The number of carbonyl (C=O) groups is 2. The van der Waals surface area contributed by atoms with E-state index in [1.165, 1.54) is 0 Å². The van der Waals surface area contributed by atoms with Gasteiger partial charge in [0, 0.05) is 12.3 Å². The molecule has 0 unspecified atom stereocenters. The van der Waals surface area contributed by atoms with Crippen molar-refractivity contribution in [1.29, 1.82) is 0 Å². The minimum absolute atomic E-state index is 0.0882. The fourth-order valence-corrected chi connectivity index (χ4v) is 1.73. The van der Waals surface area contributed by atoms with Gasteiger partial charge in [0.05, 0.1) is 7.11 Å². The van der Waals surface area contributed by atoms with Crippen molar-refractivity contribution in [3.63, 3.8) is 0 Å². The van der Waals surface area contributed by atoms with E-state index < -0.39 is 0 Å². The summed E-state index contributed by atoms with van der Waals surface area (Å²) in [4.78, 5) is 22.9. The summed E-state index contributed by atoms with van der Waals surface area (Å²) in [5.41, 5.74) is 5.90. The van der Waals surface area contributed by atoms with Crippen LogP contribution in [0.3, 0.4) is 0 Å². The van der Waals surface area contributed by atoms with E-state index in [2.05, 4.69) is 10.9 Å². The van der Waals surface area contributed by atoms with Gasteiger partial charge in [-0.2, -0.15) is 0 Å². The smallest absolute Gasteiger partial charge is 0.241 e. The number of benzene rings is 1. The Morgan fingerprint density at radius 2 is 2.11 bits per heavy atom. The molecule has 0 aliphatic heterocycles. The first-order valence-corrected chi connectivity index (χ1v) is 6.40. The summed E-state index contributed by atoms with van der Waals surface area (Å²) in [5.74, 6) is 0.602. The number of nitrogens with one attached hydrogen (secondary N) is 2. The van der Waals surface area contributed by atoms with E-state index in [-0.39, 0.29) is 17.7 Å². The molecule has 0 bridgehead atoms. The van der Waals surface area contributed by atoms with Crippen LogP contribution in [0.5, 0.6) is 5.75 Å². The molecule has 102 valence electrons. The van der Waals surface area contributed by atoms with Crippen molar-refractivity contribution in [2.24, 2.45) is 5.92 Å². The third kappa shape index (κ3) is 4.28. The molecule has 1 aliphatic carbocycles. The third-order valence-electron chi connectivity index (χ3n) is 3.05. The van der Waals surface area contributed by atoms with Gasteiger partial charge in [0.15, 0.2) is 0 Å². The van der Waals surface area contributed by atoms with Crippen molar-refractivity contribution in [1.82, 2.24) is 10.9 Å². The first kappa shape index (κ1) is 13.4. The molecule has 0 radical (unpaired) electrons. The largest absolute Gasteiger partial charge is 0.497 e. The zero-order valence-electron chi connectivity index (χ0n) is 10.9. The molecular weight excluding hydrogens is 244 g/mol. The average Bonchev–Trinajstić information content (AvgIpc) is 3.27. The Morgan fingerprint density at radius 1 is 1.32 bits per heavy atom. The number of methoxy groups -OCH3 is 1. The Balaban J connectivity index is 1.71. The van der Waals surface area contributed by atoms with Crippen molar-refractivity contribution in [2.45, 2.75) is 25.7 Å². The molecule has 2 rings (SSSR count). The Kier molecular flexibility index (Phi) is 4.39. The molecule has 5 nitrogen and oxygen atoms in total. The number of amides is 2. The lowest BCUT2D eigenvalue weighted by molar-refractivity contribution is -0.129. The van der Waals surface area contributed by atoms with Gasteiger partial charge in [0.1, 0.15) is 5.75 Å². The van der Waals surface area contributed by atoms with Gasteiger partial charge in [0.2, 0.25) is 11.8 Å². The molecule has 0 aromatic heterocycles. The monoisotopic (exact) mass is 262 g/mol. The van der Waals surface area contributed by atoms with Gasteiger partial charge in [-0.25, -0.2) is 0 Å². The standard InChI is InChI=1S/C14H18N2O3/c1-19-12-4-2-3-10(9-12)5-8-13(17)15-16-14(18)11-6-7-11/h2-4,9,11H,5-8H2,1H3,(H,15,17)(H,16,18). The van der Waals surface area contributed by atoms with Crippen LogP contribution in [0, 0.1) is 5.92 Å². The third-order valence-corrected chi connectivity index (χ3v) is 3.05. The van der Waals surface area contributed by atoms with Crippen LogP contribution < -0.4 is 15.6 Å². The van der Waals surface area contributed by atoms with Crippen molar-refractivity contribution >= 4 is 11.8 Å². The second-order valence-corrected chi connectivity index (χ2v) is 4.66. The maximum absolute atomic E-state index is 11.6. The summed E-state index contributed by atoms with van der Waals surface area (Å²) in [5, 5.41) is 0. The molecule has 1 aromatic carbocycles. The summed E-state index contributed by atoms with van der Waals surface area (Å²) < 4.78 is 5.12. The van der Waals surface area contributed by atoms with Crippen LogP contribution in [0.15, 0.2) is 24.3 Å². The molecule has 1 aromatic rings. The molecule has 1 saturated carbocycles. The minimum atomic E-state index is -0.184. The fraction of sp³-hybridized carbons (Fsp3) is 0.429. The van der Waals surface area contributed by atoms with Gasteiger partial charge in [-0.05, 0) is 37.0 Å². The Hall–Kier alpha value is -2.04. The Bertz CT molecular complexity index is 470. The quantitative estimate of drug-likeness (QED) is 0.783. The second-order valence-electron chi connectivity index (χ2n) is 4.66. The predicted octanol–water partition coefficient (Wildman–Crippen LogP) is 1.19. The number of carbonyl (C=O) groups excluding carboxylic acids is 2. The van der Waals surface area contributed by atoms with Gasteiger partial charge in [0.25, 0.3) is 0 Å². The van der Waals surface area contributed by atoms with Crippen molar-refractivity contribution < 1.29 is 14.3 Å². The van der Waals surface area contributed by atoms with Crippen LogP contribution in [0.25, 0.3) is 0 Å². The van der Waals surface area contributed by atoms with E-state index in [9.17, 15) is 9.59 Å². The van der Waals surface area contributed by atoms with E-state index in [1.807, 2.05) is 24.3 Å². The van der Waals surface area contributed by atoms with Crippen LogP contribution in [0.4, 0.5) is 0 Å². The molecule has 2 amide bonds. The number of hydrogen-bond acceptors (Lipinski definition) is 3. The van der Waals surface area contributed by atoms with E-state index in [4.69, 9.17) is 4.74 Å². The highest BCUT2D eigenvalue weighted by Crippen LogP contribution is 2.28. The SMILES string of the molecule is COc1cccc(CCC(=O)NNC(=O)C2CC2)c1. The van der Waals surface area contributed by atoms with Gasteiger partial charge < -0.3 is 4.74 Å². The van der Waals surface area contributed by atoms with Gasteiger partial charge in [-0.15, -0.1) is 0 Å². The van der Waals surface area contributed by atoms with E-state index in [0.717, 1.165) is 24.2 Å². The molecule has 1 fully saturated rings. The number of ether oxygens (including phenoxy) is 1. The van der Waals surface area contributed by atoms with Gasteiger partial charge >= 0.3 is 0 Å². The van der Waals surface area contributed by atoms with Crippen molar-refractivity contribution in [2.75, 3.05) is 7.11 Å². The van der Waals surface area contributed by atoms with Gasteiger partial charge in [-0.1, -0.05) is 12.1 Å². The Morgan fingerprint density at radius 3 is 2.79 bits per heavy atom. The topological polar surface area (TPSA) is 67.4 Å². The number of rotatable bonds is 5. The Labute approximate surface area is 112 Å².